The van der Waals surface area contributed by atoms with Crippen LogP contribution in [-0.2, 0) is 11.3 Å². The molecule has 0 aliphatic carbocycles. The molecule has 1 heterocycles. The van der Waals surface area contributed by atoms with Crippen LogP contribution < -0.4 is 9.47 Å². The molecule has 1 fully saturated rings. The molecule has 2 aromatic rings. The Balaban J connectivity index is 1.38. The Morgan fingerprint density at radius 3 is 2.36 bits per heavy atom. The van der Waals surface area contributed by atoms with Crippen LogP contribution >= 0.6 is 23.2 Å². The first-order valence-electron chi connectivity index (χ1n) is 9.48. The number of carbonyl (C=O) groups is 1. The summed E-state index contributed by atoms with van der Waals surface area (Å²) in [6.45, 7) is 2.95. The lowest BCUT2D eigenvalue weighted by atomic mass is 9.91. The maximum absolute atomic E-state index is 12.3. The van der Waals surface area contributed by atoms with E-state index in [9.17, 15) is 4.79 Å². The topological polar surface area (TPSA) is 38.8 Å². The Bertz CT molecular complexity index is 787. The van der Waals surface area contributed by atoms with Gasteiger partial charge in [-0.05, 0) is 73.8 Å². The van der Waals surface area contributed by atoms with Crippen molar-refractivity contribution in [3.63, 3.8) is 0 Å². The van der Waals surface area contributed by atoms with E-state index in [0.717, 1.165) is 43.8 Å². The molecule has 150 valence electrons. The number of methoxy groups -OCH3 is 1. The Kier molecular flexibility index (Phi) is 7.60. The van der Waals surface area contributed by atoms with Crippen molar-refractivity contribution < 1.29 is 14.3 Å². The number of likely N-dealkylation sites (tertiary alicyclic amines) is 1. The summed E-state index contributed by atoms with van der Waals surface area (Å²) < 4.78 is 10.7. The van der Waals surface area contributed by atoms with Crippen LogP contribution in [0.25, 0.3) is 0 Å². The molecule has 1 saturated heterocycles. The third-order valence-corrected chi connectivity index (χ3v) is 5.81. The van der Waals surface area contributed by atoms with Crippen LogP contribution in [0.4, 0.5) is 0 Å². The number of ketones is 1. The highest BCUT2D eigenvalue weighted by Crippen LogP contribution is 2.26. The van der Waals surface area contributed by atoms with Crippen molar-refractivity contribution in [1.82, 2.24) is 4.90 Å². The van der Waals surface area contributed by atoms with Gasteiger partial charge >= 0.3 is 0 Å². The number of hydrogen-bond donors (Lipinski definition) is 0. The number of Topliss-reactive ketones (excluding diaryl/α,β-unsaturated/α-hetero) is 1. The molecule has 28 heavy (non-hydrogen) atoms. The molecule has 1 aliphatic rings. The fourth-order valence-electron chi connectivity index (χ4n) is 3.46. The zero-order valence-corrected chi connectivity index (χ0v) is 17.5. The van der Waals surface area contributed by atoms with Gasteiger partial charge in [0.25, 0.3) is 0 Å². The quantitative estimate of drug-likeness (QED) is 0.582. The lowest BCUT2D eigenvalue weighted by Gasteiger charge is -2.31. The van der Waals surface area contributed by atoms with Gasteiger partial charge in [0.2, 0.25) is 0 Å². The smallest absolute Gasteiger partial charge is 0.170 e. The van der Waals surface area contributed by atoms with Crippen molar-refractivity contribution in [3.05, 3.63) is 58.1 Å². The summed E-state index contributed by atoms with van der Waals surface area (Å²) in [5.41, 5.74) is 1.16. The number of nitrogens with zero attached hydrogens (tertiary/aromatic N) is 1. The molecular formula is C22H25Cl2NO3. The fraction of sp³-hybridized carbons (Fsp3) is 0.409. The predicted molar refractivity (Wildman–Crippen MR) is 113 cm³/mol. The molecule has 6 heteroatoms. The Labute approximate surface area is 176 Å². The first kappa shape index (κ1) is 21.0. The minimum atomic E-state index is 0.121. The first-order chi connectivity index (χ1) is 13.5. The van der Waals surface area contributed by atoms with E-state index in [0.29, 0.717) is 28.1 Å². The Morgan fingerprint density at radius 2 is 1.71 bits per heavy atom. The highest BCUT2D eigenvalue weighted by molar-refractivity contribution is 6.42. The summed E-state index contributed by atoms with van der Waals surface area (Å²) in [5, 5.41) is 1.18. The third-order valence-electron chi connectivity index (χ3n) is 5.07. The van der Waals surface area contributed by atoms with Gasteiger partial charge in [0.05, 0.1) is 17.2 Å². The van der Waals surface area contributed by atoms with Crippen molar-refractivity contribution in [1.29, 1.82) is 0 Å². The molecule has 0 unspecified atom stereocenters. The number of benzene rings is 2. The van der Waals surface area contributed by atoms with Crippen LogP contribution in [-0.4, -0.2) is 37.5 Å². The summed E-state index contributed by atoms with van der Waals surface area (Å²) in [6, 6.07) is 13.1. The molecule has 0 aromatic heterocycles. The monoisotopic (exact) mass is 421 g/mol. The number of carbonyl (C=O) groups excluding carboxylic acids is 1. The van der Waals surface area contributed by atoms with Crippen molar-refractivity contribution in [3.8, 4) is 11.5 Å². The van der Waals surface area contributed by atoms with Crippen LogP contribution in [0.1, 0.15) is 24.8 Å². The summed E-state index contributed by atoms with van der Waals surface area (Å²) in [7, 11) is 1.62. The summed E-state index contributed by atoms with van der Waals surface area (Å²) in [4.78, 5) is 14.7. The standard InChI is InChI=1S/C22H25Cl2NO3/c1-27-19-3-5-20(6-4-19)28-15-18(26)12-16-8-10-25(11-9-16)14-17-2-7-21(23)22(24)13-17/h2-7,13,16H,8-12,14-15H2,1H3. The molecule has 3 rings (SSSR count). The molecule has 0 bridgehead atoms. The normalized spacial score (nSPS) is 15.4. The molecule has 0 amide bonds. The number of ether oxygens (including phenoxy) is 2. The van der Waals surface area contributed by atoms with Crippen molar-refractivity contribution >= 4 is 29.0 Å². The molecule has 4 nitrogen and oxygen atoms in total. The maximum Gasteiger partial charge on any atom is 0.170 e. The van der Waals surface area contributed by atoms with Gasteiger partial charge in [-0.1, -0.05) is 29.3 Å². The van der Waals surface area contributed by atoms with Gasteiger partial charge < -0.3 is 9.47 Å². The number of halogens is 2. The highest BCUT2D eigenvalue weighted by Gasteiger charge is 2.22. The molecule has 0 radical (unpaired) electrons. The minimum absolute atomic E-state index is 0.121. The van der Waals surface area contributed by atoms with Gasteiger partial charge in [0.15, 0.2) is 5.78 Å². The first-order valence-corrected chi connectivity index (χ1v) is 10.2. The average molecular weight is 422 g/mol. The molecule has 0 N–H and O–H groups in total. The molecule has 0 saturated carbocycles. The van der Waals surface area contributed by atoms with E-state index in [2.05, 4.69) is 4.90 Å². The Morgan fingerprint density at radius 1 is 1.04 bits per heavy atom. The summed E-state index contributed by atoms with van der Waals surface area (Å²) >= 11 is 12.1. The van der Waals surface area contributed by atoms with Crippen LogP contribution in [0.15, 0.2) is 42.5 Å². The van der Waals surface area contributed by atoms with Crippen LogP contribution in [0.5, 0.6) is 11.5 Å². The number of hydrogen-bond acceptors (Lipinski definition) is 4. The van der Waals surface area contributed by atoms with Gasteiger partial charge in [-0.2, -0.15) is 0 Å². The van der Waals surface area contributed by atoms with Crippen LogP contribution in [0.2, 0.25) is 10.0 Å². The van der Waals surface area contributed by atoms with Crippen LogP contribution in [0.3, 0.4) is 0 Å². The predicted octanol–water partition coefficient (Wildman–Crippen LogP) is 5.25. The van der Waals surface area contributed by atoms with E-state index in [-0.39, 0.29) is 12.4 Å². The molecular weight excluding hydrogens is 397 g/mol. The second-order valence-corrected chi connectivity index (χ2v) is 7.99. The van der Waals surface area contributed by atoms with E-state index >= 15 is 0 Å². The van der Waals surface area contributed by atoms with Crippen LogP contribution in [0, 0.1) is 5.92 Å². The van der Waals surface area contributed by atoms with Crippen molar-refractivity contribution in [2.45, 2.75) is 25.8 Å². The van der Waals surface area contributed by atoms with Gasteiger partial charge in [-0.3, -0.25) is 9.69 Å². The molecule has 0 atom stereocenters. The van der Waals surface area contributed by atoms with Gasteiger partial charge in [-0.25, -0.2) is 0 Å². The molecule has 2 aromatic carbocycles. The van der Waals surface area contributed by atoms with E-state index in [1.165, 1.54) is 0 Å². The van der Waals surface area contributed by atoms with Gasteiger partial charge in [-0.15, -0.1) is 0 Å². The summed E-state index contributed by atoms with van der Waals surface area (Å²) in [6.07, 6.45) is 2.63. The third kappa shape index (κ3) is 6.13. The highest BCUT2D eigenvalue weighted by atomic mass is 35.5. The fourth-order valence-corrected chi connectivity index (χ4v) is 3.78. The van der Waals surface area contributed by atoms with E-state index < -0.39 is 0 Å². The van der Waals surface area contributed by atoms with Crippen molar-refractivity contribution in [2.75, 3.05) is 26.8 Å². The van der Waals surface area contributed by atoms with E-state index in [1.807, 2.05) is 42.5 Å². The van der Waals surface area contributed by atoms with E-state index in [4.69, 9.17) is 32.7 Å². The zero-order chi connectivity index (χ0) is 19.9. The molecule has 1 aliphatic heterocycles. The van der Waals surface area contributed by atoms with Crippen molar-refractivity contribution in [2.24, 2.45) is 5.92 Å². The zero-order valence-electron chi connectivity index (χ0n) is 16.0. The number of rotatable bonds is 8. The number of piperidine rings is 1. The lowest BCUT2D eigenvalue weighted by Crippen LogP contribution is -2.34. The van der Waals surface area contributed by atoms with E-state index in [1.54, 1.807) is 7.11 Å². The van der Waals surface area contributed by atoms with Gasteiger partial charge in [0, 0.05) is 13.0 Å². The lowest BCUT2D eigenvalue weighted by molar-refractivity contribution is -0.122. The second kappa shape index (κ2) is 10.1. The SMILES string of the molecule is COc1ccc(OCC(=O)CC2CCN(Cc3ccc(Cl)c(Cl)c3)CC2)cc1. The Hall–Kier alpha value is -1.75. The summed E-state index contributed by atoms with van der Waals surface area (Å²) in [5.74, 6) is 2.03. The minimum Gasteiger partial charge on any atom is -0.497 e. The maximum atomic E-state index is 12.3. The molecule has 0 spiro atoms. The largest absolute Gasteiger partial charge is 0.497 e. The average Bonchev–Trinajstić information content (AvgIpc) is 2.71. The van der Waals surface area contributed by atoms with Gasteiger partial charge in [0.1, 0.15) is 18.1 Å². The second-order valence-electron chi connectivity index (χ2n) is 7.17.